The molecule has 0 aliphatic rings. The highest BCUT2D eigenvalue weighted by atomic mass is 32.1. The van der Waals surface area contributed by atoms with Crippen LogP contribution in [0.2, 0.25) is 0 Å². The van der Waals surface area contributed by atoms with Crippen LogP contribution in [0, 0.1) is 6.92 Å². The van der Waals surface area contributed by atoms with E-state index in [4.69, 9.17) is 9.97 Å². The molecular formula is C22H22N4OS. The highest BCUT2D eigenvalue weighted by molar-refractivity contribution is 7.19. The van der Waals surface area contributed by atoms with Crippen LogP contribution in [0.25, 0.3) is 32.9 Å². The van der Waals surface area contributed by atoms with E-state index in [1.165, 1.54) is 10.4 Å². The number of hydrogen-bond donors (Lipinski definition) is 1. The van der Waals surface area contributed by atoms with Crippen LogP contribution in [0.5, 0.6) is 0 Å². The van der Waals surface area contributed by atoms with Crippen molar-refractivity contribution >= 4 is 27.4 Å². The highest BCUT2D eigenvalue weighted by Crippen LogP contribution is 2.42. The lowest BCUT2D eigenvalue weighted by molar-refractivity contribution is 0.302. The summed E-state index contributed by atoms with van der Waals surface area (Å²) in [6, 6.07) is 16.1. The molecule has 1 N–H and O–H groups in total. The highest BCUT2D eigenvalue weighted by Gasteiger charge is 2.22. The zero-order valence-electron chi connectivity index (χ0n) is 16.0. The molecule has 0 aliphatic carbocycles. The number of aryl methyl sites for hydroxylation is 1. The first kappa shape index (κ1) is 18.5. The van der Waals surface area contributed by atoms with Gasteiger partial charge in [0.15, 0.2) is 5.82 Å². The van der Waals surface area contributed by atoms with E-state index in [9.17, 15) is 5.11 Å². The second-order valence-electron chi connectivity index (χ2n) is 6.47. The van der Waals surface area contributed by atoms with Crippen molar-refractivity contribution in [2.75, 3.05) is 24.6 Å². The molecule has 4 rings (SSSR count). The summed E-state index contributed by atoms with van der Waals surface area (Å²) in [6.45, 7) is 5.54. The number of benzene rings is 1. The molecule has 0 unspecified atom stereocenters. The minimum absolute atomic E-state index is 0.0715. The molecule has 0 aliphatic heterocycles. The molecule has 4 aromatic rings. The average Bonchev–Trinajstić information content (AvgIpc) is 3.08. The van der Waals surface area contributed by atoms with Crippen molar-refractivity contribution in [3.05, 3.63) is 59.6 Å². The van der Waals surface area contributed by atoms with Crippen LogP contribution < -0.4 is 4.90 Å². The van der Waals surface area contributed by atoms with Gasteiger partial charge in [-0.1, -0.05) is 36.4 Å². The lowest BCUT2D eigenvalue weighted by Crippen LogP contribution is -2.27. The molecule has 3 aromatic heterocycles. The zero-order chi connectivity index (χ0) is 19.5. The largest absolute Gasteiger partial charge is 0.395 e. The molecule has 0 radical (unpaired) electrons. The van der Waals surface area contributed by atoms with E-state index in [2.05, 4.69) is 35.9 Å². The maximum Gasteiger partial charge on any atom is 0.181 e. The fourth-order valence-electron chi connectivity index (χ4n) is 3.42. The van der Waals surface area contributed by atoms with E-state index in [-0.39, 0.29) is 6.61 Å². The maximum atomic E-state index is 9.58. The van der Waals surface area contributed by atoms with Crippen molar-refractivity contribution in [3.8, 4) is 22.6 Å². The maximum absolute atomic E-state index is 9.58. The Labute approximate surface area is 168 Å². The molecule has 0 fully saturated rings. The Morgan fingerprint density at radius 3 is 2.50 bits per heavy atom. The van der Waals surface area contributed by atoms with E-state index in [0.717, 1.165) is 33.8 Å². The summed E-state index contributed by atoms with van der Waals surface area (Å²) in [7, 11) is 0. The molecule has 0 atom stereocenters. The standard InChI is InChI=1S/C22H22N4OS/c1-3-26(13-14-27)21-19-18(16-9-5-4-6-10-16)15(2)28-22(19)25-20(24-21)17-11-7-8-12-23-17/h4-12,27H,3,13-14H2,1-2H3. The van der Waals surface area contributed by atoms with Crippen molar-refractivity contribution in [1.29, 1.82) is 0 Å². The van der Waals surface area contributed by atoms with Gasteiger partial charge in [-0.25, -0.2) is 9.97 Å². The number of pyridine rings is 1. The zero-order valence-corrected chi connectivity index (χ0v) is 16.8. The molecule has 142 valence electrons. The molecule has 28 heavy (non-hydrogen) atoms. The third kappa shape index (κ3) is 3.37. The quantitative estimate of drug-likeness (QED) is 0.523. The van der Waals surface area contributed by atoms with Crippen molar-refractivity contribution in [1.82, 2.24) is 15.0 Å². The Morgan fingerprint density at radius 1 is 1.04 bits per heavy atom. The van der Waals surface area contributed by atoms with Crippen molar-refractivity contribution < 1.29 is 5.11 Å². The number of hydrogen-bond acceptors (Lipinski definition) is 6. The molecule has 5 nitrogen and oxygen atoms in total. The molecule has 0 bridgehead atoms. The Hall–Kier alpha value is -2.83. The van der Waals surface area contributed by atoms with E-state index in [1.807, 2.05) is 36.4 Å². The Balaban J connectivity index is 2.02. The lowest BCUT2D eigenvalue weighted by atomic mass is 10.0. The average molecular weight is 391 g/mol. The van der Waals surface area contributed by atoms with Gasteiger partial charge in [0.05, 0.1) is 12.0 Å². The molecule has 1 aromatic carbocycles. The fourth-order valence-corrected chi connectivity index (χ4v) is 4.46. The van der Waals surface area contributed by atoms with Crippen LogP contribution in [0.15, 0.2) is 54.7 Å². The molecule has 3 heterocycles. The number of likely N-dealkylation sites (N-methyl/N-ethyl adjacent to an activating group) is 1. The van der Waals surface area contributed by atoms with Gasteiger partial charge in [0.2, 0.25) is 0 Å². The predicted octanol–water partition coefficient (Wildman–Crippen LogP) is 4.55. The molecule has 0 amide bonds. The summed E-state index contributed by atoms with van der Waals surface area (Å²) in [4.78, 5) is 18.4. The van der Waals surface area contributed by atoms with Crippen LogP contribution in [-0.2, 0) is 0 Å². The second-order valence-corrected chi connectivity index (χ2v) is 7.67. The number of thiophene rings is 1. The van der Waals surface area contributed by atoms with Crippen molar-refractivity contribution in [2.45, 2.75) is 13.8 Å². The third-order valence-corrected chi connectivity index (χ3v) is 5.72. The van der Waals surface area contributed by atoms with Gasteiger partial charge in [0.25, 0.3) is 0 Å². The number of aliphatic hydroxyl groups excluding tert-OH is 1. The lowest BCUT2D eigenvalue weighted by Gasteiger charge is -2.22. The molecule has 0 saturated heterocycles. The van der Waals surface area contributed by atoms with Gasteiger partial charge in [0.1, 0.15) is 16.3 Å². The van der Waals surface area contributed by atoms with E-state index < -0.39 is 0 Å². The summed E-state index contributed by atoms with van der Waals surface area (Å²) in [5, 5.41) is 10.6. The molecular weight excluding hydrogens is 368 g/mol. The van der Waals surface area contributed by atoms with Crippen molar-refractivity contribution in [3.63, 3.8) is 0 Å². The Kier molecular flexibility index (Phi) is 5.32. The van der Waals surface area contributed by atoms with Gasteiger partial charge in [-0.2, -0.15) is 0 Å². The first-order chi connectivity index (χ1) is 13.7. The van der Waals surface area contributed by atoms with E-state index in [0.29, 0.717) is 12.4 Å². The number of nitrogens with zero attached hydrogens (tertiary/aromatic N) is 4. The molecule has 6 heteroatoms. The summed E-state index contributed by atoms with van der Waals surface area (Å²) < 4.78 is 0. The van der Waals surface area contributed by atoms with Crippen LogP contribution in [0.3, 0.4) is 0 Å². The fraction of sp³-hybridized carbons (Fsp3) is 0.227. The number of aromatic nitrogens is 3. The Bertz CT molecular complexity index is 1080. The monoisotopic (exact) mass is 390 g/mol. The van der Waals surface area contributed by atoms with Gasteiger partial charge in [-0.15, -0.1) is 11.3 Å². The van der Waals surface area contributed by atoms with Crippen LogP contribution in [0.1, 0.15) is 11.8 Å². The molecule has 0 saturated carbocycles. The van der Waals surface area contributed by atoms with Crippen LogP contribution >= 0.6 is 11.3 Å². The SMILES string of the molecule is CCN(CCO)c1nc(-c2ccccn2)nc2sc(C)c(-c3ccccc3)c12. The number of anilines is 1. The van der Waals surface area contributed by atoms with Crippen molar-refractivity contribution in [2.24, 2.45) is 0 Å². The first-order valence-corrected chi connectivity index (χ1v) is 10.2. The van der Waals surface area contributed by atoms with Gasteiger partial charge in [-0.3, -0.25) is 4.98 Å². The van der Waals surface area contributed by atoms with Gasteiger partial charge >= 0.3 is 0 Å². The number of fused-ring (bicyclic) bond motifs is 1. The van der Waals surface area contributed by atoms with E-state index >= 15 is 0 Å². The molecule has 0 spiro atoms. The third-order valence-electron chi connectivity index (χ3n) is 4.72. The van der Waals surface area contributed by atoms with Crippen LogP contribution in [-0.4, -0.2) is 39.8 Å². The smallest absolute Gasteiger partial charge is 0.181 e. The second kappa shape index (κ2) is 8.04. The first-order valence-electron chi connectivity index (χ1n) is 9.36. The normalized spacial score (nSPS) is 11.1. The topological polar surface area (TPSA) is 62.1 Å². The van der Waals surface area contributed by atoms with Crippen LogP contribution in [0.4, 0.5) is 5.82 Å². The summed E-state index contributed by atoms with van der Waals surface area (Å²) in [5.41, 5.74) is 3.07. The summed E-state index contributed by atoms with van der Waals surface area (Å²) >= 11 is 1.67. The van der Waals surface area contributed by atoms with Gasteiger partial charge < -0.3 is 10.0 Å². The minimum atomic E-state index is 0.0715. The summed E-state index contributed by atoms with van der Waals surface area (Å²) in [5.74, 6) is 1.46. The predicted molar refractivity (Wildman–Crippen MR) is 116 cm³/mol. The Morgan fingerprint density at radius 2 is 1.82 bits per heavy atom. The number of rotatable bonds is 6. The minimum Gasteiger partial charge on any atom is -0.395 e. The van der Waals surface area contributed by atoms with E-state index in [1.54, 1.807) is 17.5 Å². The van der Waals surface area contributed by atoms with Gasteiger partial charge in [-0.05, 0) is 31.5 Å². The number of aliphatic hydroxyl groups is 1. The summed E-state index contributed by atoms with van der Waals surface area (Å²) in [6.07, 6.45) is 1.75. The van der Waals surface area contributed by atoms with Gasteiger partial charge in [0, 0.05) is 29.7 Å².